The molecule has 0 saturated heterocycles. The Bertz CT molecular complexity index is 674. The first-order valence-corrected chi connectivity index (χ1v) is 6.67. The lowest BCUT2D eigenvalue weighted by atomic mass is 10.2. The van der Waals surface area contributed by atoms with Crippen LogP contribution < -0.4 is 4.74 Å². The van der Waals surface area contributed by atoms with E-state index in [-0.39, 0.29) is 0 Å². The van der Waals surface area contributed by atoms with E-state index < -0.39 is 0 Å². The van der Waals surface area contributed by atoms with Crippen molar-refractivity contribution < 1.29 is 4.74 Å². The fourth-order valence-corrected chi connectivity index (χ4v) is 1.96. The SMILES string of the molecule is N#C/C=C/c1cccc(OCc2ccc(Cl)c(Cl)c2)c1. The van der Waals surface area contributed by atoms with Crippen molar-refractivity contribution in [2.45, 2.75) is 6.61 Å². The number of halogens is 2. The van der Waals surface area contributed by atoms with Crippen molar-refractivity contribution in [3.05, 3.63) is 69.7 Å². The Balaban J connectivity index is 2.05. The van der Waals surface area contributed by atoms with Crippen molar-refractivity contribution in [2.24, 2.45) is 0 Å². The molecule has 0 heterocycles. The highest BCUT2D eigenvalue weighted by Gasteiger charge is 2.01. The summed E-state index contributed by atoms with van der Waals surface area (Å²) in [4.78, 5) is 0. The zero-order valence-electron chi connectivity index (χ0n) is 10.5. The van der Waals surface area contributed by atoms with Gasteiger partial charge in [-0.3, -0.25) is 0 Å². The van der Waals surface area contributed by atoms with Gasteiger partial charge in [-0.15, -0.1) is 0 Å². The Morgan fingerprint density at radius 2 is 1.95 bits per heavy atom. The average Bonchev–Trinajstić information content (AvgIpc) is 2.47. The molecule has 100 valence electrons. The monoisotopic (exact) mass is 303 g/mol. The Morgan fingerprint density at radius 1 is 1.10 bits per heavy atom. The van der Waals surface area contributed by atoms with Gasteiger partial charge < -0.3 is 4.74 Å². The maximum absolute atomic E-state index is 8.51. The summed E-state index contributed by atoms with van der Waals surface area (Å²) in [5.74, 6) is 0.733. The van der Waals surface area contributed by atoms with E-state index in [2.05, 4.69) is 0 Å². The Morgan fingerprint density at radius 3 is 2.70 bits per heavy atom. The number of ether oxygens (including phenoxy) is 1. The van der Waals surface area contributed by atoms with E-state index in [1.54, 1.807) is 18.2 Å². The Kier molecular flexibility index (Phi) is 5.06. The molecule has 0 saturated carbocycles. The molecule has 0 N–H and O–H groups in total. The molecule has 0 fully saturated rings. The lowest BCUT2D eigenvalue weighted by Gasteiger charge is -2.07. The second-order valence-corrected chi connectivity index (χ2v) is 4.89. The molecule has 0 aliphatic rings. The van der Waals surface area contributed by atoms with Crippen molar-refractivity contribution >= 4 is 29.3 Å². The summed E-state index contributed by atoms with van der Waals surface area (Å²) in [6.45, 7) is 0.405. The summed E-state index contributed by atoms with van der Waals surface area (Å²) in [6, 6.07) is 14.9. The van der Waals surface area contributed by atoms with Crippen LogP contribution in [0.15, 0.2) is 48.5 Å². The van der Waals surface area contributed by atoms with Gasteiger partial charge in [-0.1, -0.05) is 41.4 Å². The highest BCUT2D eigenvalue weighted by atomic mass is 35.5. The van der Waals surface area contributed by atoms with Crippen LogP contribution in [0.3, 0.4) is 0 Å². The first kappa shape index (κ1) is 14.5. The third kappa shape index (κ3) is 4.03. The molecule has 0 aliphatic heterocycles. The van der Waals surface area contributed by atoms with Crippen LogP contribution in [-0.4, -0.2) is 0 Å². The molecule has 2 rings (SSSR count). The number of nitrogens with zero attached hydrogens (tertiary/aromatic N) is 1. The quantitative estimate of drug-likeness (QED) is 0.735. The summed E-state index contributed by atoms with van der Waals surface area (Å²) in [5, 5.41) is 9.55. The number of hydrogen-bond acceptors (Lipinski definition) is 2. The van der Waals surface area contributed by atoms with Crippen molar-refractivity contribution in [1.82, 2.24) is 0 Å². The molecular weight excluding hydrogens is 293 g/mol. The largest absolute Gasteiger partial charge is 0.489 e. The molecule has 0 atom stereocenters. The van der Waals surface area contributed by atoms with Gasteiger partial charge in [-0.25, -0.2) is 0 Å². The van der Waals surface area contributed by atoms with Gasteiger partial charge in [0, 0.05) is 6.08 Å². The highest BCUT2D eigenvalue weighted by molar-refractivity contribution is 6.42. The summed E-state index contributed by atoms with van der Waals surface area (Å²) in [5.41, 5.74) is 1.86. The van der Waals surface area contributed by atoms with E-state index in [9.17, 15) is 0 Å². The third-order valence-corrected chi connectivity index (χ3v) is 3.34. The molecule has 20 heavy (non-hydrogen) atoms. The zero-order valence-corrected chi connectivity index (χ0v) is 12.0. The predicted molar refractivity (Wildman–Crippen MR) is 81.9 cm³/mol. The average molecular weight is 304 g/mol. The van der Waals surface area contributed by atoms with Crippen LogP contribution in [0, 0.1) is 11.3 Å². The Labute approximate surface area is 127 Å². The van der Waals surface area contributed by atoms with Crippen LogP contribution >= 0.6 is 23.2 Å². The molecule has 0 bridgehead atoms. The standard InChI is InChI=1S/C16H11Cl2NO/c17-15-7-6-13(10-16(15)18)11-20-14-5-1-3-12(9-14)4-2-8-19/h1-7,9-10H,11H2/b4-2+. The van der Waals surface area contributed by atoms with Crippen LogP contribution in [0.4, 0.5) is 0 Å². The maximum atomic E-state index is 8.51. The summed E-state index contributed by atoms with van der Waals surface area (Å²) in [6.07, 6.45) is 3.16. The smallest absolute Gasteiger partial charge is 0.120 e. The van der Waals surface area contributed by atoms with Crippen molar-refractivity contribution in [3.8, 4) is 11.8 Å². The van der Waals surface area contributed by atoms with Gasteiger partial charge in [0.15, 0.2) is 0 Å². The van der Waals surface area contributed by atoms with Crippen LogP contribution in [0.5, 0.6) is 5.75 Å². The summed E-state index contributed by atoms with van der Waals surface area (Å²) >= 11 is 11.8. The molecule has 0 aliphatic carbocycles. The minimum Gasteiger partial charge on any atom is -0.489 e. The van der Waals surface area contributed by atoms with Crippen molar-refractivity contribution in [1.29, 1.82) is 5.26 Å². The maximum Gasteiger partial charge on any atom is 0.120 e. The number of benzene rings is 2. The van der Waals surface area contributed by atoms with Crippen molar-refractivity contribution in [3.63, 3.8) is 0 Å². The molecule has 2 nitrogen and oxygen atoms in total. The minimum atomic E-state index is 0.405. The minimum absolute atomic E-state index is 0.405. The summed E-state index contributed by atoms with van der Waals surface area (Å²) in [7, 11) is 0. The number of rotatable bonds is 4. The van der Waals surface area contributed by atoms with Gasteiger partial charge in [-0.05, 0) is 41.5 Å². The molecule has 2 aromatic carbocycles. The van der Waals surface area contributed by atoms with E-state index in [0.717, 1.165) is 16.9 Å². The Hall–Kier alpha value is -1.95. The normalized spacial score (nSPS) is 10.4. The summed E-state index contributed by atoms with van der Waals surface area (Å²) < 4.78 is 5.69. The first-order valence-electron chi connectivity index (χ1n) is 5.92. The molecule has 0 amide bonds. The number of nitriles is 1. The molecule has 0 unspecified atom stereocenters. The van der Waals surface area contributed by atoms with Crippen molar-refractivity contribution in [2.75, 3.05) is 0 Å². The number of hydrogen-bond donors (Lipinski definition) is 0. The lowest BCUT2D eigenvalue weighted by molar-refractivity contribution is 0.306. The van der Waals surface area contributed by atoms with Gasteiger partial charge in [0.2, 0.25) is 0 Å². The van der Waals surface area contributed by atoms with Gasteiger partial charge in [0.05, 0.1) is 16.1 Å². The van der Waals surface area contributed by atoms with Crippen LogP contribution in [-0.2, 0) is 6.61 Å². The zero-order chi connectivity index (χ0) is 14.4. The van der Waals surface area contributed by atoms with E-state index in [0.29, 0.717) is 16.7 Å². The molecule has 2 aromatic rings. The molecule has 0 spiro atoms. The van der Waals surface area contributed by atoms with Gasteiger partial charge >= 0.3 is 0 Å². The fraction of sp³-hybridized carbons (Fsp3) is 0.0625. The second kappa shape index (κ2) is 7.00. The third-order valence-electron chi connectivity index (χ3n) is 2.60. The van der Waals surface area contributed by atoms with Gasteiger partial charge in [0.25, 0.3) is 0 Å². The predicted octanol–water partition coefficient (Wildman–Crippen LogP) is 5.11. The first-order chi connectivity index (χ1) is 9.69. The molecule has 4 heteroatoms. The van der Waals surface area contributed by atoms with Gasteiger partial charge in [-0.2, -0.15) is 5.26 Å². The topological polar surface area (TPSA) is 33.0 Å². The van der Waals surface area contributed by atoms with E-state index >= 15 is 0 Å². The lowest BCUT2D eigenvalue weighted by Crippen LogP contribution is -1.95. The molecule has 0 radical (unpaired) electrons. The molecular formula is C16H11Cl2NO. The van der Waals surface area contributed by atoms with Gasteiger partial charge in [0.1, 0.15) is 12.4 Å². The van der Waals surface area contributed by atoms with Crippen LogP contribution in [0.2, 0.25) is 10.0 Å². The molecule has 0 aromatic heterocycles. The van der Waals surface area contributed by atoms with E-state index in [4.69, 9.17) is 33.2 Å². The fourth-order valence-electron chi connectivity index (χ4n) is 1.64. The second-order valence-electron chi connectivity index (χ2n) is 4.07. The number of allylic oxidation sites excluding steroid dienone is 1. The van der Waals surface area contributed by atoms with E-state index in [1.165, 1.54) is 6.08 Å². The van der Waals surface area contributed by atoms with Crippen LogP contribution in [0.1, 0.15) is 11.1 Å². The van der Waals surface area contributed by atoms with Crippen LogP contribution in [0.25, 0.3) is 6.08 Å². The highest BCUT2D eigenvalue weighted by Crippen LogP contribution is 2.23. The van der Waals surface area contributed by atoms with E-state index in [1.807, 2.05) is 36.4 Å².